The molecular weight excluding hydrogens is 1080 g/mol. The minimum absolute atomic E-state index is 0.0258. The molecule has 26 aromatic rings. The van der Waals surface area contributed by atoms with Crippen molar-refractivity contribution in [2.45, 2.75) is 27.1 Å². The van der Waals surface area contributed by atoms with Crippen LogP contribution in [0.3, 0.4) is 0 Å². The van der Waals surface area contributed by atoms with E-state index in [2.05, 4.69) is 152 Å². The van der Waals surface area contributed by atoms with Gasteiger partial charge in [-0.15, -0.1) is 0 Å². The summed E-state index contributed by atoms with van der Waals surface area (Å²) in [5.74, 6) is -0.0258. The van der Waals surface area contributed by atoms with E-state index in [1.54, 1.807) is 293 Å². The summed E-state index contributed by atoms with van der Waals surface area (Å²) < 4.78 is 0. The van der Waals surface area contributed by atoms with Crippen LogP contribution in [0.2, 0.25) is 0 Å². The van der Waals surface area contributed by atoms with Crippen LogP contribution in [-0.4, -0.2) is 0 Å². The highest BCUT2D eigenvalue weighted by molar-refractivity contribution is 6.77. The molecule has 37 rings (SSSR count). The van der Waals surface area contributed by atoms with Gasteiger partial charge in [-0.1, -0.05) is 152 Å². The molecular formula is C90H26. The Bertz CT molecular complexity index is 7960. The Morgan fingerprint density at radius 2 is 0.322 bits per heavy atom. The van der Waals surface area contributed by atoms with Gasteiger partial charge in [0.1, 0.15) is 0 Å². The first-order valence-corrected chi connectivity index (χ1v) is 33.4. The van der Waals surface area contributed by atoms with Crippen LogP contribution in [0.15, 0.2) is 174 Å². The zero-order valence-corrected chi connectivity index (χ0v) is 47.0. The summed E-state index contributed by atoms with van der Waals surface area (Å²) in [5, 5.41) is 65.2. The Kier molecular flexibility index (Phi) is 3.80. The van der Waals surface area contributed by atoms with Crippen molar-refractivity contribution < 1.29 is 0 Å². The van der Waals surface area contributed by atoms with Gasteiger partial charge in [-0.3, -0.25) is 0 Å². The molecule has 90 heavy (non-hydrogen) atoms. The van der Waals surface area contributed by atoms with Gasteiger partial charge in [0.05, 0.1) is 27.1 Å². The van der Waals surface area contributed by atoms with Gasteiger partial charge in [0.15, 0.2) is 0 Å². The van der Waals surface area contributed by atoms with Crippen molar-refractivity contribution in [3.05, 3.63) is 257 Å². The summed E-state index contributed by atoms with van der Waals surface area (Å²) in [6.07, 6.45) is 0. The van der Waals surface area contributed by atoms with E-state index >= 15 is 0 Å². The molecule has 0 bridgehead atoms. The molecule has 0 aromatic heterocycles. The second-order valence-electron chi connectivity index (χ2n) is 31.4. The van der Waals surface area contributed by atoms with Crippen molar-refractivity contribution in [2.75, 3.05) is 0 Å². The molecule has 0 nitrogen and oxygen atoms in total. The average Bonchev–Trinajstić information content (AvgIpc) is 1.37. The molecule has 386 valence electrons. The molecule has 2 unspecified atom stereocenters. The molecule has 0 amide bonds. The number of hydrogen-bond donors (Lipinski definition) is 0. The van der Waals surface area contributed by atoms with Gasteiger partial charge in [-0.25, -0.2) is 0 Å². The minimum Gasteiger partial charge on any atom is -0.0622 e. The number of hydrogen-bond acceptors (Lipinski definition) is 0. The summed E-state index contributed by atoms with van der Waals surface area (Å²) in [6, 6.07) is 62.8. The molecule has 0 heteroatoms. The number of rotatable bonds is 5. The quantitative estimate of drug-likeness (QED) is 0.151. The van der Waals surface area contributed by atoms with E-state index < -0.39 is 27.1 Å². The maximum atomic E-state index is 2.67. The van der Waals surface area contributed by atoms with Crippen molar-refractivity contribution >= 4 is 215 Å². The Balaban J connectivity index is 1.07. The van der Waals surface area contributed by atoms with E-state index in [4.69, 9.17) is 0 Å². The molecule has 26 aromatic carbocycles. The SMILES string of the molecule is c1ccc(C23c4c5c6c7c8c9c%10c%11c%12c%13c%14c%15c%16c%17c%18c%19c(c2c2c4c4c6c6c%20c7c%10c7c%10c%11c%14c%11c%14c%15c%18c%15c%18c%19c2c2c4c6c4c(c2%18)c(c%15%14)c(c%10%11)c4c%207)[C@]%17(c2ccccc2)C2=C(C(=C(C23)[C@]58c2ccccc2)[C@]9%12c2ccccc2)[C@@]%16%13c2ccccc2)cc1. The van der Waals surface area contributed by atoms with E-state index in [1.807, 2.05) is 0 Å². The van der Waals surface area contributed by atoms with Gasteiger partial charge in [0.25, 0.3) is 0 Å². The van der Waals surface area contributed by atoms with Crippen molar-refractivity contribution in [3.63, 3.8) is 0 Å². The first-order chi connectivity index (χ1) is 44.9. The van der Waals surface area contributed by atoms with E-state index in [0.29, 0.717) is 0 Å². The lowest BCUT2D eigenvalue weighted by atomic mass is 9.40. The highest BCUT2D eigenvalue weighted by Gasteiger charge is 2.83. The molecule has 0 heterocycles. The summed E-state index contributed by atoms with van der Waals surface area (Å²) in [7, 11) is 0. The van der Waals surface area contributed by atoms with Crippen LogP contribution >= 0.6 is 0 Å². The monoisotopic (exact) mass is 1110 g/mol. The molecule has 11 aliphatic rings. The van der Waals surface area contributed by atoms with Crippen LogP contribution in [0.5, 0.6) is 0 Å². The first kappa shape index (κ1) is 37.0. The van der Waals surface area contributed by atoms with Gasteiger partial charge in [0.2, 0.25) is 0 Å². The van der Waals surface area contributed by atoms with Gasteiger partial charge < -0.3 is 0 Å². The molecule has 0 fully saturated rings. The minimum atomic E-state index is -0.627. The van der Waals surface area contributed by atoms with E-state index in [0.717, 1.165) is 0 Å². The lowest BCUT2D eigenvalue weighted by Crippen LogP contribution is -2.57. The van der Waals surface area contributed by atoms with Crippen molar-refractivity contribution in [3.8, 4) is 0 Å². The molecule has 0 spiro atoms. The van der Waals surface area contributed by atoms with Gasteiger partial charge in [0, 0.05) is 5.92 Å². The highest BCUT2D eigenvalue weighted by Crippen LogP contribution is 2.93. The fourth-order valence-corrected chi connectivity index (χ4v) is 30.4. The Hall–Kier alpha value is -10.9. The molecule has 0 saturated carbocycles. The predicted octanol–water partition coefficient (Wildman–Crippen LogP) is 21.1. The summed E-state index contributed by atoms with van der Waals surface area (Å²) >= 11 is 0. The molecule has 0 saturated heterocycles. The molecule has 11 aliphatic carbocycles. The van der Waals surface area contributed by atoms with Gasteiger partial charge in [-0.2, -0.15) is 0 Å². The largest absolute Gasteiger partial charge is 0.0724 e. The fraction of sp³-hybridized carbons (Fsp3) is 0.0667. The van der Waals surface area contributed by atoms with Crippen LogP contribution in [0, 0.1) is 5.92 Å². The topological polar surface area (TPSA) is 0 Å². The van der Waals surface area contributed by atoms with Crippen LogP contribution in [-0.2, 0) is 27.1 Å². The van der Waals surface area contributed by atoms with Crippen LogP contribution < -0.4 is 0 Å². The third kappa shape index (κ3) is 2.21. The third-order valence-corrected chi connectivity index (χ3v) is 30.7. The second kappa shape index (κ2) is 9.24. The maximum absolute atomic E-state index is 2.67. The lowest BCUT2D eigenvalue weighted by Gasteiger charge is -2.60. The molecule has 0 aliphatic heterocycles. The molecule has 0 radical (unpaired) electrons. The lowest BCUT2D eigenvalue weighted by molar-refractivity contribution is 0.369. The predicted molar refractivity (Wildman–Crippen MR) is 367 cm³/mol. The Labute approximate surface area is 502 Å². The van der Waals surface area contributed by atoms with E-state index in [9.17, 15) is 0 Å². The zero-order valence-electron chi connectivity index (χ0n) is 47.0. The van der Waals surface area contributed by atoms with Crippen molar-refractivity contribution in [1.82, 2.24) is 0 Å². The number of benzene rings is 20. The molecule has 6 atom stereocenters. The van der Waals surface area contributed by atoms with Crippen LogP contribution in [0.1, 0.15) is 83.5 Å². The smallest absolute Gasteiger partial charge is 0.0622 e. The first-order valence-electron chi connectivity index (χ1n) is 33.4. The molecule has 0 N–H and O–H groups in total. The highest BCUT2D eigenvalue weighted by atomic mass is 14.8. The second-order valence-corrected chi connectivity index (χ2v) is 31.4. The standard InChI is InChI=1S/C90H26/c1-6-16-26(17-7-1)86-71-61-51-41-36-31-32-34-35-33(31)38-45-43(36)53(51)63-65-55(45)57-47(38)49-40(35)50-48-39(34)46-44-37(32)42(41)52-54(44)64-66-56(46)58(48)68-70-60(50)59(49)69-67(57)77-75(65)87(73(63)71,27-18-8-2-9-19-27)82-81(86)83-85-84(82)89(77,29-22-12-4-13-23-29)79(69)80(70)90(85,30-24-14-5-15-25-30)78(68)76(66)88(83,28-20-10-3-11-21-28)74(64)72(86)62(52)61/h1-25,81H/t81?,86?,87-,88+,89-,90+. The fourth-order valence-electron chi connectivity index (χ4n) is 30.4. The Morgan fingerprint density at radius 1 is 0.156 bits per heavy atom. The number of allylic oxidation sites excluding steroid dienone is 4. The summed E-state index contributed by atoms with van der Waals surface area (Å²) in [6.45, 7) is 0. The van der Waals surface area contributed by atoms with E-state index in [-0.39, 0.29) is 5.92 Å². The van der Waals surface area contributed by atoms with Crippen LogP contribution in [0.4, 0.5) is 0 Å². The van der Waals surface area contributed by atoms with Crippen molar-refractivity contribution in [2.24, 2.45) is 5.92 Å². The average molecular weight is 1110 g/mol. The van der Waals surface area contributed by atoms with E-state index in [1.165, 1.54) is 27.8 Å². The normalized spacial score (nSPS) is 26.7. The third-order valence-electron chi connectivity index (χ3n) is 30.7. The summed E-state index contributed by atoms with van der Waals surface area (Å²) in [4.78, 5) is 0. The maximum Gasteiger partial charge on any atom is 0.0724 e. The summed E-state index contributed by atoms with van der Waals surface area (Å²) in [5.41, 5.74) is 28.0. The zero-order chi connectivity index (χ0) is 54.8. The van der Waals surface area contributed by atoms with Gasteiger partial charge >= 0.3 is 0 Å². The van der Waals surface area contributed by atoms with Crippen LogP contribution in [0.25, 0.3) is 215 Å². The van der Waals surface area contributed by atoms with Crippen molar-refractivity contribution in [1.29, 1.82) is 0 Å². The Morgan fingerprint density at radius 3 is 0.556 bits per heavy atom. The van der Waals surface area contributed by atoms with Gasteiger partial charge in [-0.05, 0) is 321 Å².